The Balaban J connectivity index is 2.72. The first kappa shape index (κ1) is 9.31. The summed E-state index contributed by atoms with van der Waals surface area (Å²) in [7, 11) is 0. The monoisotopic (exact) mass is 181 g/mol. The highest BCUT2D eigenvalue weighted by atomic mass is 16.5. The average molecular weight is 181 g/mol. The van der Waals surface area contributed by atoms with E-state index in [-0.39, 0.29) is 12.4 Å². The van der Waals surface area contributed by atoms with Crippen molar-refractivity contribution in [1.82, 2.24) is 4.98 Å². The van der Waals surface area contributed by atoms with Crippen molar-refractivity contribution in [2.45, 2.75) is 6.92 Å². The summed E-state index contributed by atoms with van der Waals surface area (Å²) in [5, 5.41) is 0. The molecule has 1 aromatic heterocycles. The van der Waals surface area contributed by atoms with Crippen molar-refractivity contribution in [3.8, 4) is 5.75 Å². The summed E-state index contributed by atoms with van der Waals surface area (Å²) >= 11 is 0. The summed E-state index contributed by atoms with van der Waals surface area (Å²) < 4.78 is 4.99. The van der Waals surface area contributed by atoms with Gasteiger partial charge in [0, 0.05) is 5.69 Å². The van der Waals surface area contributed by atoms with E-state index in [2.05, 4.69) is 4.98 Å². The van der Waals surface area contributed by atoms with Crippen LogP contribution >= 0.6 is 0 Å². The molecular formula is C8H11N3O2. The number of anilines is 1. The number of carbonyl (C=O) groups is 1. The molecule has 0 fully saturated rings. The number of aromatic nitrogens is 1. The van der Waals surface area contributed by atoms with E-state index in [1.807, 2.05) is 6.92 Å². The number of hydrogen-bond donors (Lipinski definition) is 2. The van der Waals surface area contributed by atoms with E-state index in [0.717, 1.165) is 5.69 Å². The third-order valence-corrected chi connectivity index (χ3v) is 1.40. The number of nitrogens with zero attached hydrogens (tertiary/aromatic N) is 1. The van der Waals surface area contributed by atoms with E-state index in [1.54, 1.807) is 12.1 Å². The smallest absolute Gasteiger partial charge is 0.255 e. The molecule has 1 rings (SSSR count). The fourth-order valence-corrected chi connectivity index (χ4v) is 0.835. The zero-order valence-corrected chi connectivity index (χ0v) is 7.28. The molecule has 1 amide bonds. The Hall–Kier alpha value is -1.78. The second-order valence-electron chi connectivity index (χ2n) is 2.59. The van der Waals surface area contributed by atoms with Gasteiger partial charge in [0.15, 0.2) is 18.2 Å². The van der Waals surface area contributed by atoms with Crippen molar-refractivity contribution in [2.24, 2.45) is 5.73 Å². The first-order valence-corrected chi connectivity index (χ1v) is 3.74. The summed E-state index contributed by atoms with van der Waals surface area (Å²) in [5.41, 5.74) is 11.2. The lowest BCUT2D eigenvalue weighted by Gasteiger charge is -2.05. The molecule has 70 valence electrons. The lowest BCUT2D eigenvalue weighted by atomic mass is 10.3. The number of pyridine rings is 1. The lowest BCUT2D eigenvalue weighted by Crippen LogP contribution is -2.20. The zero-order chi connectivity index (χ0) is 9.84. The van der Waals surface area contributed by atoms with Crippen LogP contribution in [0.4, 0.5) is 5.82 Å². The van der Waals surface area contributed by atoms with Gasteiger partial charge in [0.2, 0.25) is 0 Å². The molecule has 5 nitrogen and oxygen atoms in total. The molecule has 0 saturated heterocycles. The Kier molecular flexibility index (Phi) is 2.69. The Morgan fingerprint density at radius 2 is 2.31 bits per heavy atom. The third-order valence-electron chi connectivity index (χ3n) is 1.40. The van der Waals surface area contributed by atoms with Gasteiger partial charge in [0.25, 0.3) is 5.91 Å². The molecule has 1 heterocycles. The summed E-state index contributed by atoms with van der Waals surface area (Å²) in [6, 6.07) is 3.40. The number of aryl methyl sites for hydroxylation is 1. The van der Waals surface area contributed by atoms with Gasteiger partial charge in [-0.3, -0.25) is 4.79 Å². The number of nitrogens with two attached hydrogens (primary N) is 2. The molecule has 0 aliphatic rings. The largest absolute Gasteiger partial charge is 0.480 e. The number of hydrogen-bond acceptors (Lipinski definition) is 4. The number of primary amides is 1. The van der Waals surface area contributed by atoms with Crippen LogP contribution < -0.4 is 16.2 Å². The van der Waals surface area contributed by atoms with E-state index >= 15 is 0 Å². The predicted molar refractivity (Wildman–Crippen MR) is 48.1 cm³/mol. The lowest BCUT2D eigenvalue weighted by molar-refractivity contribution is -0.119. The number of rotatable bonds is 3. The molecule has 0 radical (unpaired) electrons. The fraction of sp³-hybridized carbons (Fsp3) is 0.250. The molecule has 1 aromatic rings. The number of amides is 1. The standard InChI is InChI=1S/C8H11N3O2/c1-5-2-3-6(8(10)11-5)13-4-7(9)12/h2-3H,4H2,1H3,(H2,9,12)(H2,10,11). The second-order valence-corrected chi connectivity index (χ2v) is 2.59. The fourth-order valence-electron chi connectivity index (χ4n) is 0.835. The minimum Gasteiger partial charge on any atom is -0.480 e. The normalized spacial score (nSPS) is 9.62. The quantitative estimate of drug-likeness (QED) is 0.677. The number of nitrogen functional groups attached to an aromatic ring is 1. The van der Waals surface area contributed by atoms with E-state index in [1.165, 1.54) is 0 Å². The van der Waals surface area contributed by atoms with E-state index in [4.69, 9.17) is 16.2 Å². The number of ether oxygens (including phenoxy) is 1. The molecule has 0 aliphatic carbocycles. The topological polar surface area (TPSA) is 91.2 Å². The van der Waals surface area contributed by atoms with Crippen LogP contribution in [0.15, 0.2) is 12.1 Å². The van der Waals surface area contributed by atoms with Gasteiger partial charge in [0.05, 0.1) is 0 Å². The summed E-state index contributed by atoms with van der Waals surface area (Å²) in [6.45, 7) is 1.63. The minimum atomic E-state index is -0.542. The van der Waals surface area contributed by atoms with Crippen LogP contribution in [0.25, 0.3) is 0 Å². The molecule has 0 saturated carbocycles. The van der Waals surface area contributed by atoms with Crippen molar-refractivity contribution in [3.05, 3.63) is 17.8 Å². The molecule has 4 N–H and O–H groups in total. The highest BCUT2D eigenvalue weighted by molar-refractivity contribution is 5.75. The predicted octanol–water partition coefficient (Wildman–Crippen LogP) is -0.164. The molecule has 13 heavy (non-hydrogen) atoms. The van der Waals surface area contributed by atoms with Gasteiger partial charge in [-0.25, -0.2) is 4.98 Å². The summed E-state index contributed by atoms with van der Waals surface area (Å²) in [5.74, 6) is 0.102. The Bertz CT molecular complexity index is 325. The zero-order valence-electron chi connectivity index (χ0n) is 7.28. The van der Waals surface area contributed by atoms with Crippen LogP contribution in [-0.2, 0) is 4.79 Å². The van der Waals surface area contributed by atoms with Gasteiger partial charge < -0.3 is 16.2 Å². The van der Waals surface area contributed by atoms with E-state index in [9.17, 15) is 4.79 Å². The Labute approximate surface area is 75.7 Å². The molecule has 0 aromatic carbocycles. The van der Waals surface area contributed by atoms with Gasteiger partial charge in [-0.05, 0) is 19.1 Å². The van der Waals surface area contributed by atoms with Crippen LogP contribution in [0.5, 0.6) is 5.75 Å². The molecule has 0 unspecified atom stereocenters. The maximum absolute atomic E-state index is 10.4. The second kappa shape index (κ2) is 3.75. The van der Waals surface area contributed by atoms with Gasteiger partial charge in [-0.1, -0.05) is 0 Å². The van der Waals surface area contributed by atoms with Crippen molar-refractivity contribution < 1.29 is 9.53 Å². The highest BCUT2D eigenvalue weighted by Crippen LogP contribution is 2.18. The van der Waals surface area contributed by atoms with Crippen LogP contribution in [0.1, 0.15) is 5.69 Å². The molecule has 0 spiro atoms. The maximum atomic E-state index is 10.4. The van der Waals surface area contributed by atoms with E-state index in [0.29, 0.717) is 5.75 Å². The van der Waals surface area contributed by atoms with Crippen LogP contribution in [0, 0.1) is 6.92 Å². The SMILES string of the molecule is Cc1ccc(OCC(N)=O)c(N)n1. The molecule has 5 heteroatoms. The van der Waals surface area contributed by atoms with Crippen molar-refractivity contribution >= 4 is 11.7 Å². The van der Waals surface area contributed by atoms with Crippen molar-refractivity contribution in [2.75, 3.05) is 12.3 Å². The van der Waals surface area contributed by atoms with Gasteiger partial charge >= 0.3 is 0 Å². The summed E-state index contributed by atoms with van der Waals surface area (Å²) in [6.07, 6.45) is 0. The van der Waals surface area contributed by atoms with Gasteiger partial charge in [-0.15, -0.1) is 0 Å². The molecule has 0 aliphatic heterocycles. The molecular weight excluding hydrogens is 170 g/mol. The number of carbonyl (C=O) groups excluding carboxylic acids is 1. The minimum absolute atomic E-state index is 0.186. The van der Waals surface area contributed by atoms with Crippen molar-refractivity contribution in [3.63, 3.8) is 0 Å². The first-order valence-electron chi connectivity index (χ1n) is 3.74. The van der Waals surface area contributed by atoms with Crippen LogP contribution in [0.3, 0.4) is 0 Å². The maximum Gasteiger partial charge on any atom is 0.255 e. The third kappa shape index (κ3) is 2.62. The van der Waals surface area contributed by atoms with Crippen LogP contribution in [0.2, 0.25) is 0 Å². The van der Waals surface area contributed by atoms with E-state index < -0.39 is 5.91 Å². The van der Waals surface area contributed by atoms with Gasteiger partial charge in [-0.2, -0.15) is 0 Å². The molecule has 0 atom stereocenters. The summed E-state index contributed by atoms with van der Waals surface area (Å²) in [4.78, 5) is 14.3. The van der Waals surface area contributed by atoms with Gasteiger partial charge in [0.1, 0.15) is 0 Å². The Morgan fingerprint density at radius 3 is 2.85 bits per heavy atom. The molecule has 0 bridgehead atoms. The van der Waals surface area contributed by atoms with Crippen molar-refractivity contribution in [1.29, 1.82) is 0 Å². The van der Waals surface area contributed by atoms with Crippen LogP contribution in [-0.4, -0.2) is 17.5 Å². The average Bonchev–Trinajstić information content (AvgIpc) is 2.02. The first-order chi connectivity index (χ1) is 6.09. The Morgan fingerprint density at radius 1 is 1.62 bits per heavy atom. The highest BCUT2D eigenvalue weighted by Gasteiger charge is 2.02.